The van der Waals surface area contributed by atoms with Gasteiger partial charge < -0.3 is 14.6 Å². The van der Waals surface area contributed by atoms with Crippen molar-refractivity contribution in [2.24, 2.45) is 0 Å². The Hall–Kier alpha value is -3.72. The molecule has 9 heteroatoms. The average molecular weight is 528 g/mol. The molecule has 1 saturated carbocycles. The summed E-state index contributed by atoms with van der Waals surface area (Å²) in [4.78, 5) is 21.6. The largest absolute Gasteiger partial charge is 0.495 e. The second kappa shape index (κ2) is 10.8. The second-order valence-electron chi connectivity index (χ2n) is 11.0. The van der Waals surface area contributed by atoms with Crippen molar-refractivity contribution in [1.82, 2.24) is 30.1 Å². The molecule has 1 N–H and O–H groups in total. The van der Waals surface area contributed by atoms with Crippen LogP contribution in [-0.4, -0.2) is 63.4 Å². The molecule has 9 nitrogen and oxygen atoms in total. The molecule has 6 rings (SSSR count). The van der Waals surface area contributed by atoms with Crippen LogP contribution in [0.3, 0.4) is 0 Å². The monoisotopic (exact) mass is 527 g/mol. The van der Waals surface area contributed by atoms with Crippen LogP contribution in [0.4, 0.5) is 5.69 Å². The molecule has 0 spiro atoms. The number of piperazine rings is 1. The van der Waals surface area contributed by atoms with Crippen LogP contribution in [0.2, 0.25) is 0 Å². The molecule has 2 fully saturated rings. The number of benzene rings is 2. The molecule has 1 aliphatic carbocycles. The van der Waals surface area contributed by atoms with Gasteiger partial charge in [0.05, 0.1) is 18.8 Å². The van der Waals surface area contributed by atoms with Gasteiger partial charge in [-0.3, -0.25) is 9.69 Å². The molecule has 2 aromatic heterocycles. The molecule has 0 radical (unpaired) electrons. The lowest BCUT2D eigenvalue weighted by Gasteiger charge is -2.40. The van der Waals surface area contributed by atoms with Gasteiger partial charge >= 0.3 is 0 Å². The number of tetrazole rings is 1. The predicted molar refractivity (Wildman–Crippen MR) is 153 cm³/mol. The zero-order valence-electron chi connectivity index (χ0n) is 23.1. The Kier molecular flexibility index (Phi) is 7.08. The van der Waals surface area contributed by atoms with Gasteiger partial charge in [0.2, 0.25) is 0 Å². The number of nitrogens with zero attached hydrogens (tertiary/aromatic N) is 6. The number of methoxy groups -OCH3 is 1. The first kappa shape index (κ1) is 25.6. The number of pyridine rings is 1. The first-order valence-electron chi connectivity index (χ1n) is 14.1. The number of aryl methyl sites for hydroxylation is 2. The summed E-state index contributed by atoms with van der Waals surface area (Å²) in [5.41, 5.74) is 4.86. The van der Waals surface area contributed by atoms with Gasteiger partial charge in [-0.2, -0.15) is 0 Å². The number of rotatable bonds is 6. The van der Waals surface area contributed by atoms with Crippen LogP contribution >= 0.6 is 0 Å². The van der Waals surface area contributed by atoms with E-state index in [1.807, 2.05) is 28.9 Å². The van der Waals surface area contributed by atoms with E-state index in [9.17, 15) is 4.79 Å². The van der Waals surface area contributed by atoms with Crippen molar-refractivity contribution in [3.8, 4) is 5.75 Å². The molecule has 4 aromatic rings. The molecule has 3 heterocycles. The van der Waals surface area contributed by atoms with Crippen LogP contribution in [0.15, 0.2) is 47.3 Å². The van der Waals surface area contributed by atoms with E-state index in [0.717, 1.165) is 78.3 Å². The normalized spacial score (nSPS) is 18.0. The summed E-state index contributed by atoms with van der Waals surface area (Å²) in [5, 5.41) is 14.3. The van der Waals surface area contributed by atoms with E-state index >= 15 is 0 Å². The van der Waals surface area contributed by atoms with Crippen LogP contribution in [0.5, 0.6) is 5.75 Å². The quantitative estimate of drug-likeness (QED) is 0.393. The number of para-hydroxylation sites is 2. The van der Waals surface area contributed by atoms with Crippen molar-refractivity contribution in [3.63, 3.8) is 0 Å². The minimum Gasteiger partial charge on any atom is -0.495 e. The number of hydrogen-bond donors (Lipinski definition) is 1. The molecule has 1 atom stereocenters. The van der Waals surface area contributed by atoms with E-state index in [1.165, 1.54) is 19.3 Å². The highest BCUT2D eigenvalue weighted by atomic mass is 16.5. The highest BCUT2D eigenvalue weighted by molar-refractivity contribution is 5.83. The predicted octanol–water partition coefficient (Wildman–Crippen LogP) is 4.56. The Morgan fingerprint density at radius 2 is 1.77 bits per heavy atom. The first-order chi connectivity index (χ1) is 19.0. The van der Waals surface area contributed by atoms with Crippen molar-refractivity contribution in [3.05, 3.63) is 75.3 Å². The number of nitrogens with one attached hydrogen (secondary N) is 1. The second-order valence-corrected chi connectivity index (χ2v) is 11.0. The SMILES string of the molecule is COc1ccccc1N1CCN(C(c2cc3c(C)cc(C)cc3[nH]c2=O)c2nnnn2C2CCCCC2)CC1. The summed E-state index contributed by atoms with van der Waals surface area (Å²) in [5.74, 6) is 1.64. The van der Waals surface area contributed by atoms with Crippen LogP contribution < -0.4 is 15.2 Å². The fourth-order valence-electron chi connectivity index (χ4n) is 6.47. The summed E-state index contributed by atoms with van der Waals surface area (Å²) in [7, 11) is 1.71. The Morgan fingerprint density at radius 1 is 1.00 bits per heavy atom. The molecule has 1 saturated heterocycles. The van der Waals surface area contributed by atoms with Gasteiger partial charge in [-0.25, -0.2) is 4.68 Å². The van der Waals surface area contributed by atoms with Gasteiger partial charge in [0.1, 0.15) is 11.8 Å². The Labute approximate surface area is 228 Å². The van der Waals surface area contributed by atoms with Gasteiger partial charge in [-0.05, 0) is 72.5 Å². The maximum absolute atomic E-state index is 13.7. The van der Waals surface area contributed by atoms with Crippen molar-refractivity contribution >= 4 is 16.6 Å². The third kappa shape index (κ3) is 4.91. The van der Waals surface area contributed by atoms with E-state index in [-0.39, 0.29) is 17.6 Å². The maximum atomic E-state index is 13.7. The number of H-pyrrole nitrogens is 1. The minimum absolute atomic E-state index is 0.0807. The Balaban J connectivity index is 1.40. The number of ether oxygens (including phenoxy) is 1. The Bertz CT molecular complexity index is 1510. The van der Waals surface area contributed by atoms with Gasteiger partial charge in [0.15, 0.2) is 5.82 Å². The fraction of sp³-hybridized carbons (Fsp3) is 0.467. The Morgan fingerprint density at radius 3 is 2.54 bits per heavy atom. The zero-order chi connectivity index (χ0) is 26.9. The molecule has 1 unspecified atom stereocenters. The molecular weight excluding hydrogens is 490 g/mol. The van der Waals surface area contributed by atoms with Crippen LogP contribution in [0.25, 0.3) is 10.9 Å². The van der Waals surface area contributed by atoms with E-state index in [4.69, 9.17) is 4.74 Å². The summed E-state index contributed by atoms with van der Waals surface area (Å²) >= 11 is 0. The van der Waals surface area contributed by atoms with Crippen LogP contribution in [-0.2, 0) is 0 Å². The van der Waals surface area contributed by atoms with Gasteiger partial charge in [0.25, 0.3) is 5.56 Å². The lowest BCUT2D eigenvalue weighted by atomic mass is 9.94. The number of hydrogen-bond acceptors (Lipinski definition) is 7. The van der Waals surface area contributed by atoms with Crippen molar-refractivity contribution in [2.75, 3.05) is 38.2 Å². The van der Waals surface area contributed by atoms with Gasteiger partial charge in [-0.15, -0.1) is 5.10 Å². The van der Waals surface area contributed by atoms with E-state index in [0.29, 0.717) is 5.56 Å². The molecule has 1 aliphatic heterocycles. The molecular formula is C30H37N7O2. The summed E-state index contributed by atoms with van der Waals surface area (Å²) < 4.78 is 7.65. The molecule has 0 amide bonds. The first-order valence-corrected chi connectivity index (χ1v) is 14.1. The molecule has 2 aromatic carbocycles. The number of anilines is 1. The minimum atomic E-state index is -0.337. The molecule has 0 bridgehead atoms. The van der Waals surface area contributed by atoms with E-state index in [2.05, 4.69) is 62.4 Å². The smallest absolute Gasteiger partial charge is 0.253 e. The number of fused-ring (bicyclic) bond motifs is 1. The molecule has 2 aliphatic rings. The zero-order valence-corrected chi connectivity index (χ0v) is 23.1. The summed E-state index contributed by atoms with van der Waals surface area (Å²) in [6.45, 7) is 7.32. The van der Waals surface area contributed by atoms with Crippen molar-refractivity contribution < 1.29 is 4.74 Å². The van der Waals surface area contributed by atoms with Gasteiger partial charge in [-0.1, -0.05) is 37.5 Å². The lowest BCUT2D eigenvalue weighted by Crippen LogP contribution is -2.49. The number of aromatic nitrogens is 5. The van der Waals surface area contributed by atoms with E-state index in [1.54, 1.807) is 7.11 Å². The molecule has 39 heavy (non-hydrogen) atoms. The third-order valence-corrected chi connectivity index (χ3v) is 8.42. The summed E-state index contributed by atoms with van der Waals surface area (Å²) in [6.07, 6.45) is 5.76. The van der Waals surface area contributed by atoms with Gasteiger partial charge in [0, 0.05) is 42.6 Å². The lowest BCUT2D eigenvalue weighted by molar-refractivity contribution is 0.192. The topological polar surface area (TPSA) is 92.2 Å². The third-order valence-electron chi connectivity index (χ3n) is 8.42. The maximum Gasteiger partial charge on any atom is 0.253 e. The fourth-order valence-corrected chi connectivity index (χ4v) is 6.47. The molecule has 204 valence electrons. The average Bonchev–Trinajstić information content (AvgIpc) is 3.44. The highest BCUT2D eigenvalue weighted by Crippen LogP contribution is 2.35. The van der Waals surface area contributed by atoms with Crippen LogP contribution in [0, 0.1) is 13.8 Å². The van der Waals surface area contributed by atoms with E-state index < -0.39 is 0 Å². The summed E-state index contributed by atoms with van der Waals surface area (Å²) in [6, 6.07) is 14.4. The highest BCUT2D eigenvalue weighted by Gasteiger charge is 2.35. The standard InChI is InChI=1S/C30H37N7O2/c1-20-17-21(2)23-19-24(30(38)31-25(23)18-20)28(29-32-33-34-37(29)22-9-5-4-6-10-22)36-15-13-35(14-16-36)26-11-7-8-12-27(26)39-3/h7-8,11-12,17-19,22,28H,4-6,9-10,13-16H2,1-3H3,(H,31,38). The van der Waals surface area contributed by atoms with Crippen molar-refractivity contribution in [2.45, 2.75) is 58.0 Å². The van der Waals surface area contributed by atoms with Crippen molar-refractivity contribution in [1.29, 1.82) is 0 Å². The number of aromatic amines is 1. The van der Waals surface area contributed by atoms with Crippen LogP contribution in [0.1, 0.15) is 66.7 Å².